The Bertz CT molecular complexity index is 394. The van der Waals surface area contributed by atoms with Gasteiger partial charge in [0.2, 0.25) is 0 Å². The highest BCUT2D eigenvalue weighted by Crippen LogP contribution is 2.27. The van der Waals surface area contributed by atoms with Crippen LogP contribution in [-0.2, 0) is 0 Å². The van der Waals surface area contributed by atoms with E-state index in [9.17, 15) is 5.11 Å². The summed E-state index contributed by atoms with van der Waals surface area (Å²) in [6.45, 7) is 9.34. The number of likely N-dealkylation sites (tertiary alicyclic amines) is 1. The smallest absolute Gasteiger partial charge is 0.191 e. The Hall–Kier alpha value is -0.0800. The lowest BCUT2D eigenvalue weighted by Gasteiger charge is -2.29. The van der Waals surface area contributed by atoms with Crippen LogP contribution < -0.4 is 10.6 Å². The summed E-state index contributed by atoms with van der Waals surface area (Å²) in [6.07, 6.45) is 12.6. The van der Waals surface area contributed by atoms with Crippen molar-refractivity contribution in [3.63, 3.8) is 0 Å². The van der Waals surface area contributed by atoms with Gasteiger partial charge in [0.05, 0.1) is 6.10 Å². The van der Waals surface area contributed by atoms with E-state index in [0.717, 1.165) is 63.9 Å². The average Bonchev–Trinajstić information content (AvgIpc) is 2.66. The number of nitrogens with zero attached hydrogens (tertiary/aromatic N) is 2. The Morgan fingerprint density at radius 3 is 2.52 bits per heavy atom. The number of halogens is 1. The van der Waals surface area contributed by atoms with Crippen LogP contribution in [0.3, 0.4) is 0 Å². The van der Waals surface area contributed by atoms with Crippen molar-refractivity contribution in [2.75, 3.05) is 32.7 Å². The Morgan fingerprint density at radius 1 is 1.15 bits per heavy atom. The van der Waals surface area contributed by atoms with Crippen LogP contribution in [0.15, 0.2) is 4.99 Å². The molecule has 6 heteroatoms. The van der Waals surface area contributed by atoms with E-state index in [1.54, 1.807) is 0 Å². The molecular formula is C21H43IN4O. The van der Waals surface area contributed by atoms with Crippen LogP contribution in [-0.4, -0.2) is 60.8 Å². The first-order chi connectivity index (χ1) is 12.7. The maximum absolute atomic E-state index is 9.58. The molecule has 1 atom stereocenters. The molecule has 0 bridgehead atoms. The number of aliphatic hydroxyl groups is 1. The maximum atomic E-state index is 9.58. The Balaban J connectivity index is 0.00000364. The van der Waals surface area contributed by atoms with Gasteiger partial charge in [0.25, 0.3) is 0 Å². The molecule has 2 fully saturated rings. The molecule has 3 N–H and O–H groups in total. The highest BCUT2D eigenvalue weighted by atomic mass is 127. The number of rotatable bonds is 9. The molecule has 1 unspecified atom stereocenters. The minimum Gasteiger partial charge on any atom is -0.393 e. The Kier molecular flexibility index (Phi) is 13.7. The number of aliphatic imine (C=N–C) groups is 1. The standard InChI is InChI=1S/C21H42N4O.HI/c1-3-22-21(23-14-7-15-25-16-12-20(26)13-17-25)24-18(2)10-11-19-8-5-4-6-9-19;/h18-20,26H,3-17H2,1-2H3,(H2,22,23,24);1H. The van der Waals surface area contributed by atoms with Gasteiger partial charge in [0, 0.05) is 32.2 Å². The van der Waals surface area contributed by atoms with Gasteiger partial charge < -0.3 is 20.6 Å². The molecule has 0 aromatic carbocycles. The van der Waals surface area contributed by atoms with Crippen molar-refractivity contribution in [2.45, 2.75) is 90.2 Å². The van der Waals surface area contributed by atoms with Gasteiger partial charge in [-0.25, -0.2) is 0 Å². The van der Waals surface area contributed by atoms with E-state index in [1.807, 2.05) is 0 Å². The zero-order chi connectivity index (χ0) is 18.6. The highest BCUT2D eigenvalue weighted by molar-refractivity contribution is 14.0. The quantitative estimate of drug-likeness (QED) is 0.198. The lowest BCUT2D eigenvalue weighted by Crippen LogP contribution is -2.42. The van der Waals surface area contributed by atoms with Crippen LogP contribution >= 0.6 is 24.0 Å². The summed E-state index contributed by atoms with van der Waals surface area (Å²) in [7, 11) is 0. The minimum atomic E-state index is -0.0797. The molecule has 1 aliphatic carbocycles. The number of hydrogen-bond acceptors (Lipinski definition) is 3. The van der Waals surface area contributed by atoms with Gasteiger partial charge in [-0.05, 0) is 58.4 Å². The molecule has 0 aromatic heterocycles. The lowest BCUT2D eigenvalue weighted by molar-refractivity contribution is 0.0824. The predicted molar refractivity (Wildman–Crippen MR) is 126 cm³/mol. The summed E-state index contributed by atoms with van der Waals surface area (Å²) in [5.41, 5.74) is 0. The first-order valence-corrected chi connectivity index (χ1v) is 11.1. The van der Waals surface area contributed by atoms with E-state index in [2.05, 4.69) is 29.4 Å². The van der Waals surface area contributed by atoms with Crippen LogP contribution in [0.25, 0.3) is 0 Å². The fourth-order valence-electron chi connectivity index (χ4n) is 4.22. The fourth-order valence-corrected chi connectivity index (χ4v) is 4.22. The normalized spacial score (nSPS) is 21.5. The third kappa shape index (κ3) is 10.9. The van der Waals surface area contributed by atoms with Gasteiger partial charge in [-0.15, -0.1) is 24.0 Å². The van der Waals surface area contributed by atoms with Crippen LogP contribution in [0.4, 0.5) is 0 Å². The molecule has 27 heavy (non-hydrogen) atoms. The molecular weight excluding hydrogens is 451 g/mol. The summed E-state index contributed by atoms with van der Waals surface area (Å²) in [4.78, 5) is 7.22. The molecule has 0 radical (unpaired) electrons. The SMILES string of the molecule is CCNC(=NCCCN1CCC(O)CC1)NC(C)CCC1CCCCC1.I. The maximum Gasteiger partial charge on any atom is 0.191 e. The highest BCUT2D eigenvalue weighted by Gasteiger charge is 2.16. The lowest BCUT2D eigenvalue weighted by atomic mass is 9.85. The third-order valence-electron chi connectivity index (χ3n) is 5.92. The van der Waals surface area contributed by atoms with Crippen molar-refractivity contribution in [3.8, 4) is 0 Å². The monoisotopic (exact) mass is 494 g/mol. The van der Waals surface area contributed by atoms with Crippen molar-refractivity contribution in [1.82, 2.24) is 15.5 Å². The number of guanidine groups is 1. The van der Waals surface area contributed by atoms with Crippen LogP contribution in [0, 0.1) is 5.92 Å². The average molecular weight is 495 g/mol. The van der Waals surface area contributed by atoms with E-state index >= 15 is 0 Å². The second-order valence-electron chi connectivity index (χ2n) is 8.31. The number of piperidine rings is 1. The van der Waals surface area contributed by atoms with Gasteiger partial charge in [0.1, 0.15) is 0 Å². The van der Waals surface area contributed by atoms with E-state index in [0.29, 0.717) is 6.04 Å². The first kappa shape index (κ1) is 25.0. The number of hydrogen-bond donors (Lipinski definition) is 3. The summed E-state index contributed by atoms with van der Waals surface area (Å²) < 4.78 is 0. The zero-order valence-corrected chi connectivity index (χ0v) is 19.9. The van der Waals surface area contributed by atoms with E-state index in [-0.39, 0.29) is 30.1 Å². The van der Waals surface area contributed by atoms with Crippen LogP contribution in [0.1, 0.15) is 78.1 Å². The third-order valence-corrected chi connectivity index (χ3v) is 5.92. The van der Waals surface area contributed by atoms with Gasteiger partial charge in [0.15, 0.2) is 5.96 Å². The topological polar surface area (TPSA) is 59.9 Å². The van der Waals surface area contributed by atoms with Crippen molar-refractivity contribution in [2.24, 2.45) is 10.9 Å². The van der Waals surface area contributed by atoms with Crippen LogP contribution in [0.5, 0.6) is 0 Å². The summed E-state index contributed by atoms with van der Waals surface area (Å²) in [5.74, 6) is 1.92. The van der Waals surface area contributed by atoms with Gasteiger partial charge in [-0.2, -0.15) is 0 Å². The molecule has 0 aromatic rings. The Morgan fingerprint density at radius 2 is 1.85 bits per heavy atom. The van der Waals surface area contributed by atoms with Gasteiger partial charge >= 0.3 is 0 Å². The van der Waals surface area contributed by atoms with Gasteiger partial charge in [-0.3, -0.25) is 4.99 Å². The van der Waals surface area contributed by atoms with Crippen molar-refractivity contribution >= 4 is 29.9 Å². The summed E-state index contributed by atoms with van der Waals surface area (Å²) >= 11 is 0. The second kappa shape index (κ2) is 14.9. The number of nitrogens with one attached hydrogen (secondary N) is 2. The summed E-state index contributed by atoms with van der Waals surface area (Å²) in [6, 6.07) is 0.485. The molecule has 2 aliphatic rings. The van der Waals surface area contributed by atoms with E-state index in [4.69, 9.17) is 4.99 Å². The largest absolute Gasteiger partial charge is 0.393 e. The Labute approximate surface area is 184 Å². The second-order valence-corrected chi connectivity index (χ2v) is 8.31. The van der Waals surface area contributed by atoms with Crippen molar-refractivity contribution in [3.05, 3.63) is 0 Å². The first-order valence-electron chi connectivity index (χ1n) is 11.1. The predicted octanol–water partition coefficient (Wildman–Crippen LogP) is 3.76. The number of aliphatic hydroxyl groups excluding tert-OH is 1. The fraction of sp³-hybridized carbons (Fsp3) is 0.952. The zero-order valence-electron chi connectivity index (χ0n) is 17.6. The molecule has 160 valence electrons. The molecule has 1 saturated heterocycles. The molecule has 1 heterocycles. The summed E-state index contributed by atoms with van der Waals surface area (Å²) in [5, 5.41) is 16.6. The molecule has 2 rings (SSSR count). The molecule has 0 spiro atoms. The van der Waals surface area contributed by atoms with Crippen LogP contribution in [0.2, 0.25) is 0 Å². The van der Waals surface area contributed by atoms with E-state index in [1.165, 1.54) is 44.9 Å². The van der Waals surface area contributed by atoms with Crippen molar-refractivity contribution < 1.29 is 5.11 Å². The molecule has 0 amide bonds. The van der Waals surface area contributed by atoms with E-state index < -0.39 is 0 Å². The molecule has 1 aliphatic heterocycles. The van der Waals surface area contributed by atoms with Crippen molar-refractivity contribution in [1.29, 1.82) is 0 Å². The molecule has 1 saturated carbocycles. The molecule has 5 nitrogen and oxygen atoms in total. The van der Waals surface area contributed by atoms with Gasteiger partial charge in [-0.1, -0.05) is 32.1 Å². The minimum absolute atomic E-state index is 0.